The van der Waals surface area contributed by atoms with Gasteiger partial charge in [0.25, 0.3) is 0 Å². The van der Waals surface area contributed by atoms with Crippen molar-refractivity contribution in [2.75, 3.05) is 64.4 Å². The van der Waals surface area contributed by atoms with E-state index in [1.807, 2.05) is 54.8 Å². The summed E-state index contributed by atoms with van der Waals surface area (Å²) in [6.07, 6.45) is 10.1. The Balaban J connectivity index is 1.19. The van der Waals surface area contributed by atoms with Gasteiger partial charge >= 0.3 is 12.1 Å². The second kappa shape index (κ2) is 15.1. The fourth-order valence-corrected chi connectivity index (χ4v) is 9.11. The molecule has 4 fully saturated rings. The van der Waals surface area contributed by atoms with E-state index in [1.165, 1.54) is 0 Å². The van der Waals surface area contributed by atoms with Crippen molar-refractivity contribution in [1.82, 2.24) is 29.5 Å². The lowest BCUT2D eigenvalue weighted by Gasteiger charge is -2.53. The molecule has 12 nitrogen and oxygen atoms in total. The number of fused-ring (bicyclic) bond motifs is 2. The number of benzene rings is 2. The number of nitrogens with zero attached hydrogens (tertiary/aromatic N) is 7. The lowest BCUT2D eigenvalue weighted by molar-refractivity contribution is -0.0434. The summed E-state index contributed by atoms with van der Waals surface area (Å²) in [5.74, 6) is 1.39. The van der Waals surface area contributed by atoms with Crippen LogP contribution in [0.1, 0.15) is 84.4 Å². The number of anilines is 1. The lowest BCUT2D eigenvalue weighted by Crippen LogP contribution is -2.62. The van der Waals surface area contributed by atoms with Crippen LogP contribution in [0.15, 0.2) is 31.0 Å². The Kier molecular flexibility index (Phi) is 10.4. The summed E-state index contributed by atoms with van der Waals surface area (Å²) in [4.78, 5) is 29.7. The molecule has 0 radical (unpaired) electrons. The highest BCUT2D eigenvalue weighted by Crippen LogP contribution is 2.49. The van der Waals surface area contributed by atoms with Gasteiger partial charge in [-0.15, -0.1) is 0 Å². The first-order valence-electron chi connectivity index (χ1n) is 19.9. The maximum Gasteiger partial charge on any atom is 0.410 e. The van der Waals surface area contributed by atoms with Crippen molar-refractivity contribution < 1.29 is 23.7 Å². The molecule has 294 valence electrons. The average Bonchev–Trinajstić information content (AvgIpc) is 3.60. The first-order valence-corrected chi connectivity index (χ1v) is 20.3. The molecule has 0 aliphatic carbocycles. The van der Waals surface area contributed by atoms with Gasteiger partial charge in [-0.25, -0.2) is 9.48 Å². The van der Waals surface area contributed by atoms with Crippen LogP contribution in [0.3, 0.4) is 0 Å². The molecule has 0 N–H and O–H groups in total. The van der Waals surface area contributed by atoms with E-state index in [0.717, 1.165) is 123 Å². The molecule has 2 aromatic carbocycles. The van der Waals surface area contributed by atoms with Gasteiger partial charge in [0.05, 0.1) is 18.8 Å². The first-order chi connectivity index (χ1) is 26.5. The van der Waals surface area contributed by atoms with Gasteiger partial charge in [0.1, 0.15) is 23.0 Å². The van der Waals surface area contributed by atoms with Crippen molar-refractivity contribution in [2.45, 2.75) is 90.6 Å². The Morgan fingerprint density at radius 1 is 1.05 bits per heavy atom. The van der Waals surface area contributed by atoms with Crippen LogP contribution in [0.4, 0.5) is 10.6 Å². The summed E-state index contributed by atoms with van der Waals surface area (Å²) >= 11 is 7.13. The van der Waals surface area contributed by atoms with E-state index >= 15 is 0 Å². The van der Waals surface area contributed by atoms with E-state index in [-0.39, 0.29) is 23.8 Å². The molecule has 1 unspecified atom stereocenters. The van der Waals surface area contributed by atoms with Gasteiger partial charge < -0.3 is 33.6 Å². The molecule has 8 rings (SSSR count). The number of aromatic nitrogens is 4. The van der Waals surface area contributed by atoms with Crippen molar-refractivity contribution in [3.05, 3.63) is 41.6 Å². The molecule has 1 spiro atoms. The number of hydrogen-bond donors (Lipinski definition) is 0. The third-order valence-electron chi connectivity index (χ3n) is 11.8. The second-order valence-electron chi connectivity index (χ2n) is 16.6. The summed E-state index contributed by atoms with van der Waals surface area (Å²) in [5, 5.41) is 7.16. The predicted molar refractivity (Wildman–Crippen MR) is 216 cm³/mol. The maximum atomic E-state index is 12.8. The Morgan fingerprint density at radius 2 is 1.82 bits per heavy atom. The van der Waals surface area contributed by atoms with Crippen molar-refractivity contribution in [3.8, 4) is 22.9 Å². The van der Waals surface area contributed by atoms with Gasteiger partial charge in [-0.3, -0.25) is 0 Å². The Morgan fingerprint density at radius 3 is 2.47 bits per heavy atom. The van der Waals surface area contributed by atoms with Crippen LogP contribution in [0.5, 0.6) is 11.8 Å². The summed E-state index contributed by atoms with van der Waals surface area (Å²) in [6.45, 7) is 18.9. The number of ether oxygens (including phenoxy) is 4. The predicted octanol–water partition coefficient (Wildman–Crippen LogP) is 8.35. The van der Waals surface area contributed by atoms with Gasteiger partial charge in [-0.1, -0.05) is 31.2 Å². The third-order valence-corrected chi connectivity index (χ3v) is 12.2. The number of methoxy groups -OCH3 is 1. The molecule has 1 atom stereocenters. The number of halogens is 1. The Labute approximate surface area is 328 Å². The van der Waals surface area contributed by atoms with E-state index in [9.17, 15) is 4.79 Å². The fraction of sp³-hybridized carbons (Fsp3) is 0.571. The van der Waals surface area contributed by atoms with Crippen LogP contribution in [0, 0.1) is 5.41 Å². The molecule has 4 saturated heterocycles. The molecule has 1 amide bonds. The summed E-state index contributed by atoms with van der Waals surface area (Å²) in [6, 6.07) is 6.40. The molecular weight excluding hydrogens is 718 g/mol. The zero-order valence-corrected chi connectivity index (χ0v) is 33.7. The Hall–Kier alpha value is -4.13. The molecule has 2 aromatic heterocycles. The zero-order chi connectivity index (χ0) is 38.5. The molecule has 0 saturated carbocycles. The molecule has 4 aromatic rings. The molecular formula is C42H54ClN7O5. The maximum absolute atomic E-state index is 12.8. The van der Waals surface area contributed by atoms with Crippen LogP contribution in [0.25, 0.3) is 39.0 Å². The van der Waals surface area contributed by atoms with Crippen LogP contribution < -0.4 is 14.4 Å². The SMILES string of the molecule is C=Cc1cc2c(N3CCC4(CC3)CN(C(=O)OC(C)(C)C)C4)nc(OC3CCN(CC)CC3)nc2c(OC)c1-c1c(Cl)ccc2c1cnn2C1CCCCO1. The number of carbonyl (C=O) groups excluding carboxylic acids is 1. The minimum absolute atomic E-state index is 0.0143. The number of piperidine rings is 2. The quantitative estimate of drug-likeness (QED) is 0.174. The minimum Gasteiger partial charge on any atom is -0.494 e. The molecule has 4 aliphatic rings. The first kappa shape index (κ1) is 37.8. The van der Waals surface area contributed by atoms with Gasteiger partial charge in [0.15, 0.2) is 12.0 Å². The van der Waals surface area contributed by atoms with Crippen molar-refractivity contribution in [3.63, 3.8) is 0 Å². The monoisotopic (exact) mass is 771 g/mol. The zero-order valence-electron chi connectivity index (χ0n) is 32.9. The molecule has 55 heavy (non-hydrogen) atoms. The lowest BCUT2D eigenvalue weighted by atomic mass is 9.72. The van der Waals surface area contributed by atoms with Gasteiger partial charge in [-0.05, 0) is 96.0 Å². The van der Waals surface area contributed by atoms with Gasteiger partial charge in [-0.2, -0.15) is 15.1 Å². The van der Waals surface area contributed by atoms with Crippen LogP contribution in [-0.2, 0) is 9.47 Å². The third kappa shape index (κ3) is 7.33. The van der Waals surface area contributed by atoms with Crippen molar-refractivity contribution in [2.24, 2.45) is 5.41 Å². The number of amides is 1. The molecule has 13 heteroatoms. The van der Waals surface area contributed by atoms with E-state index < -0.39 is 5.60 Å². The Bertz CT molecular complexity index is 2070. The summed E-state index contributed by atoms with van der Waals surface area (Å²) in [7, 11) is 1.68. The highest BCUT2D eigenvalue weighted by Gasteiger charge is 2.48. The number of hydrogen-bond acceptors (Lipinski definition) is 10. The van der Waals surface area contributed by atoms with E-state index in [4.69, 9.17) is 45.6 Å². The topological polar surface area (TPSA) is 107 Å². The number of likely N-dealkylation sites (tertiary alicyclic amines) is 2. The summed E-state index contributed by atoms with van der Waals surface area (Å²) in [5.41, 5.74) is 3.62. The average molecular weight is 772 g/mol. The van der Waals surface area contributed by atoms with Gasteiger partial charge in [0.2, 0.25) is 0 Å². The van der Waals surface area contributed by atoms with E-state index in [2.05, 4.69) is 29.4 Å². The van der Waals surface area contributed by atoms with Crippen LogP contribution in [0.2, 0.25) is 5.02 Å². The molecule has 0 bridgehead atoms. The highest BCUT2D eigenvalue weighted by molar-refractivity contribution is 6.35. The van der Waals surface area contributed by atoms with Crippen LogP contribution >= 0.6 is 11.6 Å². The standard InChI is InChI=1S/C42H54ClN7O5/c1-7-27-23-29-36(37(52-6)34(27)35-30-24-44-50(32(30)13-12-31(35)43)33-11-9-10-22-53-33)45-39(54-28-14-18-47(8-2)19-15-28)46-38(29)48-20-16-42(17-21-48)25-49(26-42)40(51)55-41(3,4)5/h7,12-13,23-24,28,33H,1,8-11,14-22,25-26H2,2-6H3. The van der Waals surface area contributed by atoms with E-state index in [1.54, 1.807) is 7.11 Å². The highest BCUT2D eigenvalue weighted by atomic mass is 35.5. The largest absolute Gasteiger partial charge is 0.494 e. The second-order valence-corrected chi connectivity index (χ2v) is 17.1. The number of rotatable bonds is 8. The van der Waals surface area contributed by atoms with Gasteiger partial charge in [0, 0.05) is 78.2 Å². The van der Waals surface area contributed by atoms with E-state index in [0.29, 0.717) is 35.4 Å². The summed E-state index contributed by atoms with van der Waals surface area (Å²) < 4.78 is 26.8. The smallest absolute Gasteiger partial charge is 0.410 e. The molecule has 6 heterocycles. The van der Waals surface area contributed by atoms with Crippen molar-refractivity contribution in [1.29, 1.82) is 0 Å². The van der Waals surface area contributed by atoms with Crippen molar-refractivity contribution >= 4 is 51.4 Å². The minimum atomic E-state index is -0.515. The molecule has 4 aliphatic heterocycles. The van der Waals surface area contributed by atoms with Crippen LogP contribution in [-0.4, -0.2) is 107 Å². The number of carbonyl (C=O) groups is 1. The fourth-order valence-electron chi connectivity index (χ4n) is 8.85. The normalized spacial score (nSPS) is 20.9.